The van der Waals surface area contributed by atoms with Gasteiger partial charge in [0.1, 0.15) is 0 Å². The van der Waals surface area contributed by atoms with Crippen molar-refractivity contribution in [1.29, 1.82) is 0 Å². The molecule has 1 aromatic heterocycles. The molecule has 1 heterocycles. The lowest BCUT2D eigenvalue weighted by molar-refractivity contribution is -0.126. The van der Waals surface area contributed by atoms with Gasteiger partial charge in [0.05, 0.1) is 12.4 Å². The van der Waals surface area contributed by atoms with Gasteiger partial charge in [-0.3, -0.25) is 4.79 Å². The maximum absolute atomic E-state index is 12.3. The van der Waals surface area contributed by atoms with Gasteiger partial charge in [-0.05, 0) is 36.6 Å². The zero-order valence-corrected chi connectivity index (χ0v) is 14.6. The van der Waals surface area contributed by atoms with Crippen molar-refractivity contribution >= 4 is 12.0 Å². The summed E-state index contributed by atoms with van der Waals surface area (Å²) in [6.07, 6.45) is 12.6. The first kappa shape index (κ1) is 17.4. The van der Waals surface area contributed by atoms with Crippen LogP contribution in [-0.2, 0) is 4.79 Å². The fourth-order valence-corrected chi connectivity index (χ4v) is 3.31. The Kier molecular flexibility index (Phi) is 5.66. The number of rotatable bonds is 5. The maximum Gasteiger partial charge on any atom is 0.246 e. The van der Waals surface area contributed by atoms with Gasteiger partial charge < -0.3 is 14.6 Å². The number of aliphatic hydroxyl groups is 1. The molecule has 1 aliphatic carbocycles. The molecule has 132 valence electrons. The lowest BCUT2D eigenvalue weighted by Crippen LogP contribution is -2.37. The van der Waals surface area contributed by atoms with Crippen molar-refractivity contribution < 1.29 is 9.90 Å². The second kappa shape index (κ2) is 8.12. The normalized spacial score (nSPS) is 20.7. The summed E-state index contributed by atoms with van der Waals surface area (Å²) in [7, 11) is 1.80. The zero-order valence-electron chi connectivity index (χ0n) is 14.6. The highest BCUT2D eigenvalue weighted by atomic mass is 16.3. The minimum absolute atomic E-state index is 0.0311. The number of aromatic nitrogens is 2. The second-order valence-corrected chi connectivity index (χ2v) is 6.73. The molecule has 25 heavy (non-hydrogen) atoms. The van der Waals surface area contributed by atoms with Crippen LogP contribution in [0.5, 0.6) is 0 Å². The lowest BCUT2D eigenvalue weighted by atomic mass is 9.86. The Bertz CT molecular complexity index is 707. The highest BCUT2D eigenvalue weighted by Crippen LogP contribution is 2.25. The predicted molar refractivity (Wildman–Crippen MR) is 98.2 cm³/mol. The first-order valence-corrected chi connectivity index (χ1v) is 8.83. The molecule has 0 bridgehead atoms. The summed E-state index contributed by atoms with van der Waals surface area (Å²) in [5, 5.41) is 10.0. The van der Waals surface area contributed by atoms with Gasteiger partial charge in [-0.2, -0.15) is 0 Å². The molecule has 2 aromatic rings. The van der Waals surface area contributed by atoms with E-state index in [9.17, 15) is 9.90 Å². The molecule has 3 rings (SSSR count). The Hall–Kier alpha value is -2.40. The topological polar surface area (TPSA) is 58.4 Å². The van der Waals surface area contributed by atoms with Crippen molar-refractivity contribution in [3.63, 3.8) is 0 Å². The maximum atomic E-state index is 12.3. The lowest BCUT2D eigenvalue weighted by Gasteiger charge is -2.30. The first-order chi connectivity index (χ1) is 12.1. The molecule has 1 fully saturated rings. The van der Waals surface area contributed by atoms with E-state index in [4.69, 9.17) is 0 Å². The van der Waals surface area contributed by atoms with Crippen molar-refractivity contribution in [3.8, 4) is 5.69 Å². The number of nitrogens with zero attached hydrogens (tertiary/aromatic N) is 3. The Balaban J connectivity index is 1.56. The highest BCUT2D eigenvalue weighted by molar-refractivity contribution is 5.91. The van der Waals surface area contributed by atoms with E-state index in [-0.39, 0.29) is 17.9 Å². The first-order valence-electron chi connectivity index (χ1n) is 8.83. The third-order valence-corrected chi connectivity index (χ3v) is 4.87. The summed E-state index contributed by atoms with van der Waals surface area (Å²) >= 11 is 0. The van der Waals surface area contributed by atoms with E-state index < -0.39 is 0 Å². The average molecular weight is 339 g/mol. The fourth-order valence-electron chi connectivity index (χ4n) is 3.31. The van der Waals surface area contributed by atoms with E-state index in [2.05, 4.69) is 4.98 Å². The van der Waals surface area contributed by atoms with Crippen LogP contribution in [0.4, 0.5) is 0 Å². The van der Waals surface area contributed by atoms with Gasteiger partial charge >= 0.3 is 0 Å². The number of likely N-dealkylation sites (N-methyl/N-ethyl adjacent to an activating group) is 1. The van der Waals surface area contributed by atoms with Crippen LogP contribution in [0.1, 0.15) is 31.2 Å². The quantitative estimate of drug-likeness (QED) is 0.852. The SMILES string of the molecule is CN(CC1CCCCC1O)C(=O)/C=C/c1ccc(-n2ccnc2)cc1. The molecular formula is C20H25N3O2. The summed E-state index contributed by atoms with van der Waals surface area (Å²) in [6.45, 7) is 0.615. The van der Waals surface area contributed by atoms with Gasteiger partial charge in [0.25, 0.3) is 0 Å². The smallest absolute Gasteiger partial charge is 0.246 e. The van der Waals surface area contributed by atoms with Crippen LogP contribution in [0.25, 0.3) is 11.8 Å². The number of hydrogen-bond acceptors (Lipinski definition) is 3. The van der Waals surface area contributed by atoms with Crippen LogP contribution < -0.4 is 0 Å². The molecule has 1 amide bonds. The van der Waals surface area contributed by atoms with Crippen molar-refractivity contribution in [2.24, 2.45) is 5.92 Å². The van der Waals surface area contributed by atoms with Crippen molar-refractivity contribution in [2.75, 3.05) is 13.6 Å². The molecule has 0 aliphatic heterocycles. The van der Waals surface area contributed by atoms with Crippen molar-refractivity contribution in [2.45, 2.75) is 31.8 Å². The highest BCUT2D eigenvalue weighted by Gasteiger charge is 2.24. The number of amides is 1. The number of imidazole rings is 1. The molecule has 2 atom stereocenters. The molecule has 2 unspecified atom stereocenters. The third kappa shape index (κ3) is 4.57. The molecule has 1 saturated carbocycles. The van der Waals surface area contributed by atoms with E-state index in [1.165, 1.54) is 0 Å². The molecule has 1 N–H and O–H groups in total. The van der Waals surface area contributed by atoms with Crippen molar-refractivity contribution in [3.05, 3.63) is 54.6 Å². The van der Waals surface area contributed by atoms with Crippen LogP contribution in [-0.4, -0.2) is 45.2 Å². The Morgan fingerprint density at radius 1 is 1.32 bits per heavy atom. The Morgan fingerprint density at radius 2 is 2.08 bits per heavy atom. The molecule has 1 aliphatic rings. The van der Waals surface area contributed by atoms with Gasteiger partial charge in [-0.1, -0.05) is 25.0 Å². The molecule has 0 radical (unpaired) electrons. The summed E-state index contributed by atoms with van der Waals surface area (Å²) in [4.78, 5) is 18.0. The van der Waals surface area contributed by atoms with E-state index >= 15 is 0 Å². The van der Waals surface area contributed by atoms with Crippen molar-refractivity contribution in [1.82, 2.24) is 14.5 Å². The van der Waals surface area contributed by atoms with Crippen LogP contribution in [0, 0.1) is 5.92 Å². The summed E-state index contributed by atoms with van der Waals surface area (Å²) < 4.78 is 1.93. The molecule has 5 heteroatoms. The fraction of sp³-hybridized carbons (Fsp3) is 0.400. The van der Waals surface area contributed by atoms with Crippen LogP contribution in [0.15, 0.2) is 49.1 Å². The minimum atomic E-state index is -0.274. The average Bonchev–Trinajstić information content (AvgIpc) is 3.16. The molecule has 1 aromatic carbocycles. The third-order valence-electron chi connectivity index (χ3n) is 4.87. The second-order valence-electron chi connectivity index (χ2n) is 6.73. The summed E-state index contributed by atoms with van der Waals surface area (Å²) in [6, 6.07) is 7.94. The zero-order chi connectivity index (χ0) is 17.6. The minimum Gasteiger partial charge on any atom is -0.393 e. The van der Waals surface area contributed by atoms with Gasteiger partial charge in [-0.25, -0.2) is 4.98 Å². The number of carbonyl (C=O) groups is 1. The van der Waals surface area contributed by atoms with Gasteiger partial charge in [0.15, 0.2) is 0 Å². The standard InChI is InChI=1S/C20H25N3O2/c1-22(14-17-4-2-3-5-19(17)24)20(25)11-8-16-6-9-18(10-7-16)23-13-12-21-15-23/h6-13,15,17,19,24H,2-5,14H2,1H3/b11-8+. The number of benzene rings is 1. The predicted octanol–water partition coefficient (Wildman–Crippen LogP) is 2.90. The Morgan fingerprint density at radius 3 is 2.76 bits per heavy atom. The van der Waals surface area contributed by atoms with E-state index in [0.717, 1.165) is 36.9 Å². The van der Waals surface area contributed by atoms with E-state index in [1.54, 1.807) is 30.5 Å². The number of aliphatic hydroxyl groups excluding tert-OH is 1. The van der Waals surface area contributed by atoms with E-state index in [1.807, 2.05) is 41.1 Å². The van der Waals surface area contributed by atoms with Crippen LogP contribution in [0.2, 0.25) is 0 Å². The number of carbonyl (C=O) groups excluding carboxylic acids is 1. The summed E-state index contributed by atoms with van der Waals surface area (Å²) in [5.74, 6) is 0.169. The molecule has 5 nitrogen and oxygen atoms in total. The molecule has 0 saturated heterocycles. The van der Waals surface area contributed by atoms with Gasteiger partial charge in [0, 0.05) is 43.7 Å². The van der Waals surface area contributed by atoms with E-state index in [0.29, 0.717) is 6.54 Å². The summed E-state index contributed by atoms with van der Waals surface area (Å²) in [5.41, 5.74) is 2.01. The van der Waals surface area contributed by atoms with Crippen LogP contribution in [0.3, 0.4) is 0 Å². The number of hydrogen-bond donors (Lipinski definition) is 1. The molecule has 0 spiro atoms. The van der Waals surface area contributed by atoms with Gasteiger partial charge in [-0.15, -0.1) is 0 Å². The molecular weight excluding hydrogens is 314 g/mol. The van der Waals surface area contributed by atoms with Gasteiger partial charge in [0.2, 0.25) is 5.91 Å². The van der Waals surface area contributed by atoms with Crippen LogP contribution >= 0.6 is 0 Å². The monoisotopic (exact) mass is 339 g/mol. The largest absolute Gasteiger partial charge is 0.393 e. The Labute approximate surface area is 148 Å².